The Morgan fingerprint density at radius 2 is 1.82 bits per heavy atom. The van der Waals surface area contributed by atoms with Crippen LogP contribution in [0.4, 0.5) is 0 Å². The number of rotatable bonds is 3. The fourth-order valence-electron chi connectivity index (χ4n) is 1.21. The van der Waals surface area contributed by atoms with Crippen molar-refractivity contribution in [2.45, 2.75) is 60.9 Å². The van der Waals surface area contributed by atoms with Crippen molar-refractivity contribution in [1.82, 2.24) is 9.78 Å². The van der Waals surface area contributed by atoms with Crippen molar-refractivity contribution >= 4 is 6.08 Å². The number of hydrogen-bond acceptors (Lipinski definition) is 2. The Morgan fingerprint density at radius 1 is 1.29 bits per heavy atom. The van der Waals surface area contributed by atoms with E-state index in [1.807, 2.05) is 38.5 Å². The van der Waals surface area contributed by atoms with E-state index in [2.05, 4.69) is 32.1 Å². The fraction of sp³-hybridized carbons (Fsp3) is 0.643. The van der Waals surface area contributed by atoms with Crippen LogP contribution >= 0.6 is 0 Å². The summed E-state index contributed by atoms with van der Waals surface area (Å²) >= 11 is 0. The van der Waals surface area contributed by atoms with Gasteiger partial charge in [-0.3, -0.25) is 4.68 Å². The molecule has 1 aromatic rings. The van der Waals surface area contributed by atoms with Crippen LogP contribution in [0.25, 0.3) is 6.08 Å². The van der Waals surface area contributed by atoms with Crippen LogP contribution in [-0.4, -0.2) is 9.78 Å². The lowest BCUT2D eigenvalue weighted by molar-refractivity contribution is 0.531. The molecule has 0 amide bonds. The quantitative estimate of drug-likeness (QED) is 0.866. The van der Waals surface area contributed by atoms with E-state index in [9.17, 15) is 0 Å². The molecule has 3 heteroatoms. The van der Waals surface area contributed by atoms with Gasteiger partial charge < -0.3 is 5.73 Å². The summed E-state index contributed by atoms with van der Waals surface area (Å²) in [6.07, 6.45) is 6.45. The molecule has 100 valence electrons. The maximum atomic E-state index is 5.34. The highest BCUT2D eigenvalue weighted by Gasteiger charge is 2.05. The van der Waals surface area contributed by atoms with Gasteiger partial charge in [0.05, 0.1) is 5.69 Å². The minimum atomic E-state index is 0.408. The smallest absolute Gasteiger partial charge is 0.0897 e. The minimum Gasteiger partial charge on any atom is -0.405 e. The predicted molar refractivity (Wildman–Crippen MR) is 77.9 cm³/mol. The van der Waals surface area contributed by atoms with Crippen LogP contribution in [0.15, 0.2) is 12.4 Å². The van der Waals surface area contributed by atoms with Crippen LogP contribution in [-0.2, 0) is 6.42 Å². The van der Waals surface area contributed by atoms with Crippen molar-refractivity contribution in [2.75, 3.05) is 0 Å². The van der Waals surface area contributed by atoms with Gasteiger partial charge in [0.1, 0.15) is 0 Å². The van der Waals surface area contributed by atoms with Gasteiger partial charge in [-0.1, -0.05) is 34.6 Å². The van der Waals surface area contributed by atoms with Gasteiger partial charge in [-0.25, -0.2) is 0 Å². The molecule has 1 heterocycles. The third-order valence-corrected chi connectivity index (χ3v) is 2.00. The Morgan fingerprint density at radius 3 is 2.18 bits per heavy atom. The molecule has 0 spiro atoms. The second-order valence-corrected chi connectivity index (χ2v) is 3.33. The minimum absolute atomic E-state index is 0.408. The van der Waals surface area contributed by atoms with Gasteiger partial charge in [-0.15, -0.1) is 0 Å². The summed E-state index contributed by atoms with van der Waals surface area (Å²) in [6.45, 7) is 14.3. The number of aryl methyl sites for hydroxylation is 1. The van der Waals surface area contributed by atoms with Crippen LogP contribution < -0.4 is 5.73 Å². The lowest BCUT2D eigenvalue weighted by atomic mass is 10.2. The molecule has 1 aromatic heterocycles. The van der Waals surface area contributed by atoms with E-state index in [1.54, 1.807) is 0 Å². The van der Waals surface area contributed by atoms with Gasteiger partial charge >= 0.3 is 0 Å². The fourth-order valence-corrected chi connectivity index (χ4v) is 1.21. The average Bonchev–Trinajstić information content (AvgIpc) is 2.78. The molecule has 3 nitrogen and oxygen atoms in total. The molecule has 0 radical (unpaired) electrons. The third-order valence-electron chi connectivity index (χ3n) is 2.00. The molecule has 0 fully saturated rings. The third kappa shape index (κ3) is 6.15. The standard InChI is InChI=1S/C10H17N3.2C2H6/c1-4-9-7-13(8(2)3)12-10(9)5-6-11;2*1-2/h5-8H,4,11H2,1-3H3;2*1-2H3/b6-5-;;. The van der Waals surface area contributed by atoms with Crippen molar-refractivity contribution in [3.63, 3.8) is 0 Å². The van der Waals surface area contributed by atoms with Crippen LogP contribution in [0.5, 0.6) is 0 Å². The molecule has 0 aliphatic heterocycles. The largest absolute Gasteiger partial charge is 0.405 e. The Kier molecular flexibility index (Phi) is 12.0. The van der Waals surface area contributed by atoms with E-state index >= 15 is 0 Å². The zero-order valence-corrected chi connectivity index (χ0v) is 12.5. The van der Waals surface area contributed by atoms with E-state index in [4.69, 9.17) is 5.73 Å². The highest BCUT2D eigenvalue weighted by molar-refractivity contribution is 5.48. The lowest BCUT2D eigenvalue weighted by Gasteiger charge is -2.02. The van der Waals surface area contributed by atoms with Crippen molar-refractivity contribution in [1.29, 1.82) is 0 Å². The molecule has 0 bridgehead atoms. The van der Waals surface area contributed by atoms with E-state index in [0.717, 1.165) is 12.1 Å². The Bertz CT molecular complexity index is 298. The number of nitrogens with two attached hydrogens (primary N) is 1. The van der Waals surface area contributed by atoms with Crippen molar-refractivity contribution in [3.8, 4) is 0 Å². The highest BCUT2D eigenvalue weighted by Crippen LogP contribution is 2.12. The normalized spacial score (nSPS) is 9.65. The molecule has 0 atom stereocenters. The summed E-state index contributed by atoms with van der Waals surface area (Å²) in [6, 6.07) is 0.408. The summed E-state index contributed by atoms with van der Waals surface area (Å²) in [7, 11) is 0. The Hall–Kier alpha value is -1.25. The Balaban J connectivity index is 0. The first-order valence-electron chi connectivity index (χ1n) is 6.65. The molecule has 0 saturated heterocycles. The second kappa shape index (κ2) is 11.2. The highest BCUT2D eigenvalue weighted by atomic mass is 15.3. The molecule has 1 rings (SSSR count). The molecular formula is C14H29N3. The maximum absolute atomic E-state index is 5.34. The Labute approximate surface area is 107 Å². The first-order valence-corrected chi connectivity index (χ1v) is 6.65. The van der Waals surface area contributed by atoms with Crippen LogP contribution in [0.3, 0.4) is 0 Å². The van der Waals surface area contributed by atoms with Gasteiger partial charge in [0.2, 0.25) is 0 Å². The van der Waals surface area contributed by atoms with Crippen LogP contribution in [0, 0.1) is 0 Å². The maximum Gasteiger partial charge on any atom is 0.0897 e. The summed E-state index contributed by atoms with van der Waals surface area (Å²) < 4.78 is 1.97. The molecule has 0 aliphatic rings. The van der Waals surface area contributed by atoms with Crippen LogP contribution in [0.1, 0.15) is 65.8 Å². The number of hydrogen-bond donors (Lipinski definition) is 1. The molecule has 2 N–H and O–H groups in total. The summed E-state index contributed by atoms with van der Waals surface area (Å²) in [4.78, 5) is 0. The van der Waals surface area contributed by atoms with Gasteiger partial charge in [0, 0.05) is 12.2 Å². The zero-order valence-electron chi connectivity index (χ0n) is 12.5. The summed E-state index contributed by atoms with van der Waals surface area (Å²) in [5.41, 5.74) is 7.57. The SMILES string of the molecule is CC.CC.CCc1cn(C(C)C)nc1/C=C\N. The van der Waals surface area contributed by atoms with E-state index in [1.165, 1.54) is 11.8 Å². The molecule has 0 unspecified atom stereocenters. The summed E-state index contributed by atoms with van der Waals surface area (Å²) in [5.74, 6) is 0. The molecule has 0 aromatic carbocycles. The van der Waals surface area contributed by atoms with Crippen LogP contribution in [0.2, 0.25) is 0 Å². The van der Waals surface area contributed by atoms with Crippen molar-refractivity contribution in [2.24, 2.45) is 5.73 Å². The molecule has 0 aliphatic carbocycles. The van der Waals surface area contributed by atoms with Gasteiger partial charge in [-0.05, 0) is 38.1 Å². The zero-order chi connectivity index (χ0) is 13.8. The molecule has 17 heavy (non-hydrogen) atoms. The first kappa shape index (κ1) is 18.1. The van der Waals surface area contributed by atoms with E-state index < -0.39 is 0 Å². The van der Waals surface area contributed by atoms with E-state index in [0.29, 0.717) is 6.04 Å². The topological polar surface area (TPSA) is 43.8 Å². The molecular weight excluding hydrogens is 210 g/mol. The van der Waals surface area contributed by atoms with Gasteiger partial charge in [-0.2, -0.15) is 5.10 Å². The number of nitrogens with zero attached hydrogens (tertiary/aromatic N) is 2. The lowest BCUT2D eigenvalue weighted by Crippen LogP contribution is -2.00. The van der Waals surface area contributed by atoms with Crippen molar-refractivity contribution < 1.29 is 0 Å². The summed E-state index contributed by atoms with van der Waals surface area (Å²) in [5, 5.41) is 4.42. The average molecular weight is 239 g/mol. The van der Waals surface area contributed by atoms with Gasteiger partial charge in [0.25, 0.3) is 0 Å². The number of aromatic nitrogens is 2. The second-order valence-electron chi connectivity index (χ2n) is 3.33. The van der Waals surface area contributed by atoms with Crippen molar-refractivity contribution in [3.05, 3.63) is 23.7 Å². The van der Waals surface area contributed by atoms with E-state index in [-0.39, 0.29) is 0 Å². The monoisotopic (exact) mass is 239 g/mol. The predicted octanol–water partition coefficient (Wildman–Crippen LogP) is 4.01. The van der Waals surface area contributed by atoms with Gasteiger partial charge in [0.15, 0.2) is 0 Å². The molecule has 0 saturated carbocycles. The first-order chi connectivity index (χ1) is 8.19.